The van der Waals surface area contributed by atoms with Crippen LogP contribution in [0.15, 0.2) is 53.6 Å². The largest absolute Gasteiger partial charge is 0.493 e. The molecule has 0 atom stereocenters. The van der Waals surface area contributed by atoms with Crippen molar-refractivity contribution in [2.24, 2.45) is 10.8 Å². The summed E-state index contributed by atoms with van der Waals surface area (Å²) in [4.78, 5) is 10.5. The molecule has 0 unspecified atom stereocenters. The normalized spacial score (nSPS) is 10.4. The van der Waals surface area contributed by atoms with Crippen LogP contribution in [0.1, 0.15) is 12.0 Å². The van der Waals surface area contributed by atoms with Crippen LogP contribution in [0, 0.1) is 0 Å². The lowest BCUT2D eigenvalue weighted by molar-refractivity contribution is 0.240. The Kier molecular flexibility index (Phi) is 7.12. The van der Waals surface area contributed by atoms with Gasteiger partial charge in [0.2, 0.25) is 0 Å². The van der Waals surface area contributed by atoms with Crippen LogP contribution in [0.3, 0.4) is 0 Å². The third-order valence-corrected chi connectivity index (χ3v) is 3.15. The van der Waals surface area contributed by atoms with Gasteiger partial charge >= 0.3 is 6.03 Å². The second-order valence-electron chi connectivity index (χ2n) is 5.00. The molecular weight excluding hydrogens is 322 g/mol. The van der Waals surface area contributed by atoms with E-state index in [1.165, 1.54) is 6.21 Å². The van der Waals surface area contributed by atoms with E-state index in [2.05, 4.69) is 10.5 Å². The summed E-state index contributed by atoms with van der Waals surface area (Å²) < 4.78 is 16.6. The predicted molar refractivity (Wildman–Crippen MR) is 95.4 cm³/mol. The average Bonchev–Trinajstić information content (AvgIpc) is 2.63. The fourth-order valence-electron chi connectivity index (χ4n) is 1.99. The molecule has 2 amide bonds. The Labute approximate surface area is 146 Å². The van der Waals surface area contributed by atoms with E-state index in [-0.39, 0.29) is 0 Å². The summed E-state index contributed by atoms with van der Waals surface area (Å²) in [5.74, 6) is 2.18. The van der Waals surface area contributed by atoms with E-state index >= 15 is 0 Å². The van der Waals surface area contributed by atoms with Gasteiger partial charge in [-0.3, -0.25) is 0 Å². The van der Waals surface area contributed by atoms with E-state index in [0.29, 0.717) is 19.0 Å². The fraction of sp³-hybridized carbons (Fsp3) is 0.222. The van der Waals surface area contributed by atoms with Crippen LogP contribution in [0.2, 0.25) is 0 Å². The van der Waals surface area contributed by atoms with Gasteiger partial charge in [0.15, 0.2) is 11.5 Å². The van der Waals surface area contributed by atoms with Crippen LogP contribution >= 0.6 is 0 Å². The van der Waals surface area contributed by atoms with Gasteiger partial charge in [-0.05, 0) is 42.0 Å². The molecule has 2 rings (SSSR count). The number of nitrogens with two attached hydrogens (primary N) is 1. The molecule has 3 N–H and O–H groups in total. The summed E-state index contributed by atoms with van der Waals surface area (Å²) in [7, 11) is 1.61. The SMILES string of the molecule is COc1ccccc1OCCCOc1ccc(/C=N/NC(N)=O)cc1. The van der Waals surface area contributed by atoms with E-state index in [9.17, 15) is 4.79 Å². The Bertz CT molecular complexity index is 702. The number of nitrogens with zero attached hydrogens (tertiary/aromatic N) is 1. The maximum Gasteiger partial charge on any atom is 0.332 e. The molecule has 0 bridgehead atoms. The number of rotatable bonds is 9. The molecule has 25 heavy (non-hydrogen) atoms. The summed E-state index contributed by atoms with van der Waals surface area (Å²) >= 11 is 0. The molecule has 2 aromatic carbocycles. The lowest BCUT2D eigenvalue weighted by Crippen LogP contribution is -2.24. The number of benzene rings is 2. The zero-order chi connectivity index (χ0) is 17.9. The van der Waals surface area contributed by atoms with Crippen molar-refractivity contribution in [3.05, 3.63) is 54.1 Å². The number of primary amides is 1. The number of amides is 2. The molecule has 2 aromatic rings. The minimum Gasteiger partial charge on any atom is -0.493 e. The van der Waals surface area contributed by atoms with Gasteiger partial charge in [0.25, 0.3) is 0 Å². The Morgan fingerprint density at radius 3 is 2.44 bits per heavy atom. The minimum absolute atomic E-state index is 0.532. The highest BCUT2D eigenvalue weighted by atomic mass is 16.5. The first-order chi connectivity index (χ1) is 12.2. The molecule has 0 saturated heterocycles. The van der Waals surface area contributed by atoms with Crippen LogP contribution in [0.4, 0.5) is 4.79 Å². The average molecular weight is 343 g/mol. The monoisotopic (exact) mass is 343 g/mol. The molecule has 132 valence electrons. The molecule has 0 fully saturated rings. The number of carbonyl (C=O) groups excluding carboxylic acids is 1. The number of ether oxygens (including phenoxy) is 3. The Morgan fingerprint density at radius 2 is 1.76 bits per heavy atom. The maximum absolute atomic E-state index is 10.5. The van der Waals surface area contributed by atoms with Crippen molar-refractivity contribution in [2.75, 3.05) is 20.3 Å². The highest BCUT2D eigenvalue weighted by Gasteiger charge is 2.02. The van der Waals surface area contributed by atoms with Crippen LogP contribution < -0.4 is 25.4 Å². The third-order valence-electron chi connectivity index (χ3n) is 3.15. The number of nitrogens with one attached hydrogen (secondary N) is 1. The van der Waals surface area contributed by atoms with E-state index in [1.807, 2.05) is 48.5 Å². The number of para-hydroxylation sites is 2. The van der Waals surface area contributed by atoms with Gasteiger partial charge < -0.3 is 19.9 Å². The zero-order valence-electron chi connectivity index (χ0n) is 14.0. The Balaban J connectivity index is 1.69. The Morgan fingerprint density at radius 1 is 1.08 bits per heavy atom. The zero-order valence-corrected chi connectivity index (χ0v) is 14.0. The van der Waals surface area contributed by atoms with Crippen molar-refractivity contribution >= 4 is 12.2 Å². The second kappa shape index (κ2) is 9.82. The lowest BCUT2D eigenvalue weighted by atomic mass is 10.2. The summed E-state index contributed by atoms with van der Waals surface area (Å²) in [6.07, 6.45) is 2.24. The van der Waals surface area contributed by atoms with Crippen LogP contribution in [0.5, 0.6) is 17.2 Å². The van der Waals surface area contributed by atoms with E-state index in [4.69, 9.17) is 19.9 Å². The molecule has 0 aliphatic carbocycles. The smallest absolute Gasteiger partial charge is 0.332 e. The third kappa shape index (κ3) is 6.42. The number of hydrogen-bond donors (Lipinski definition) is 2. The maximum atomic E-state index is 10.5. The molecule has 0 aliphatic heterocycles. The van der Waals surface area contributed by atoms with Crippen molar-refractivity contribution in [3.8, 4) is 17.2 Å². The molecule has 7 nitrogen and oxygen atoms in total. The fourth-order valence-corrected chi connectivity index (χ4v) is 1.99. The standard InChI is InChI=1S/C18H21N3O4/c1-23-16-5-2-3-6-17(16)25-12-4-11-24-15-9-7-14(8-10-15)13-20-21-18(19)22/h2-3,5-10,13H,4,11-12H2,1H3,(H3,19,21,22)/b20-13+. The van der Waals surface area contributed by atoms with Gasteiger partial charge in [-0.2, -0.15) is 5.10 Å². The van der Waals surface area contributed by atoms with Crippen LogP contribution in [-0.2, 0) is 0 Å². The van der Waals surface area contributed by atoms with Gasteiger partial charge in [0, 0.05) is 6.42 Å². The lowest BCUT2D eigenvalue weighted by Gasteiger charge is -2.10. The van der Waals surface area contributed by atoms with Crippen molar-refractivity contribution < 1.29 is 19.0 Å². The molecule has 0 spiro atoms. The van der Waals surface area contributed by atoms with Gasteiger partial charge in [-0.25, -0.2) is 10.2 Å². The van der Waals surface area contributed by atoms with Gasteiger partial charge in [0.1, 0.15) is 5.75 Å². The van der Waals surface area contributed by atoms with E-state index < -0.39 is 6.03 Å². The molecule has 0 radical (unpaired) electrons. The molecule has 0 aromatic heterocycles. The van der Waals surface area contributed by atoms with Crippen molar-refractivity contribution in [3.63, 3.8) is 0 Å². The summed E-state index contributed by atoms with van der Waals surface area (Å²) in [6, 6.07) is 14.1. The molecular formula is C18H21N3O4. The number of urea groups is 1. The van der Waals surface area contributed by atoms with Crippen molar-refractivity contribution in [2.45, 2.75) is 6.42 Å². The highest BCUT2D eigenvalue weighted by Crippen LogP contribution is 2.25. The molecule has 7 heteroatoms. The first kappa shape index (κ1) is 18.1. The summed E-state index contributed by atoms with van der Waals surface area (Å²) in [6.45, 7) is 1.07. The van der Waals surface area contributed by atoms with E-state index in [1.54, 1.807) is 7.11 Å². The summed E-state index contributed by atoms with van der Waals surface area (Å²) in [5, 5.41) is 3.68. The molecule has 0 heterocycles. The Hall–Kier alpha value is -3.22. The minimum atomic E-state index is -0.702. The molecule has 0 aliphatic rings. The number of carbonyl (C=O) groups is 1. The number of hydrazone groups is 1. The number of hydrogen-bond acceptors (Lipinski definition) is 5. The van der Waals surface area contributed by atoms with Crippen molar-refractivity contribution in [1.82, 2.24) is 5.43 Å². The quantitative estimate of drug-likeness (QED) is 0.415. The first-order valence-corrected chi connectivity index (χ1v) is 7.76. The predicted octanol–water partition coefficient (Wildman–Crippen LogP) is 2.55. The highest BCUT2D eigenvalue weighted by molar-refractivity contribution is 5.81. The van der Waals surface area contributed by atoms with Crippen LogP contribution in [-0.4, -0.2) is 32.6 Å². The van der Waals surface area contributed by atoms with Gasteiger partial charge in [-0.15, -0.1) is 0 Å². The second-order valence-corrected chi connectivity index (χ2v) is 5.00. The topological polar surface area (TPSA) is 95.2 Å². The van der Waals surface area contributed by atoms with Gasteiger partial charge in [-0.1, -0.05) is 12.1 Å². The first-order valence-electron chi connectivity index (χ1n) is 7.76. The van der Waals surface area contributed by atoms with E-state index in [0.717, 1.165) is 23.5 Å². The molecule has 0 saturated carbocycles. The van der Waals surface area contributed by atoms with Crippen molar-refractivity contribution in [1.29, 1.82) is 0 Å². The van der Waals surface area contributed by atoms with Gasteiger partial charge in [0.05, 0.1) is 26.5 Å². The van der Waals surface area contributed by atoms with Crippen LogP contribution in [0.25, 0.3) is 0 Å². The number of methoxy groups -OCH3 is 1. The summed E-state index contributed by atoms with van der Waals surface area (Å²) in [5.41, 5.74) is 7.87.